The number of nitrogens with two attached hydrogens (primary N) is 1. The van der Waals surface area contributed by atoms with E-state index in [-0.39, 0.29) is 26.7 Å². The topological polar surface area (TPSA) is 72.6 Å². The van der Waals surface area contributed by atoms with Gasteiger partial charge in [-0.25, -0.2) is 8.42 Å². The highest BCUT2D eigenvalue weighted by Crippen LogP contribution is 2.34. The second-order valence-electron chi connectivity index (χ2n) is 4.54. The Balaban J connectivity index is 2.38. The van der Waals surface area contributed by atoms with Crippen molar-refractivity contribution in [3.8, 4) is 0 Å². The van der Waals surface area contributed by atoms with E-state index in [2.05, 4.69) is 0 Å². The van der Waals surface area contributed by atoms with Gasteiger partial charge in [0.05, 0.1) is 28.4 Å². The van der Waals surface area contributed by atoms with Crippen molar-refractivity contribution < 1.29 is 13.2 Å². The number of ether oxygens (including phenoxy) is 1. The number of sulfonamides is 1. The van der Waals surface area contributed by atoms with E-state index in [4.69, 9.17) is 33.7 Å². The number of benzene rings is 1. The lowest BCUT2D eigenvalue weighted by Gasteiger charge is -2.31. The number of anilines is 1. The summed E-state index contributed by atoms with van der Waals surface area (Å²) in [6.07, 6.45) is 0.657. The Morgan fingerprint density at radius 1 is 1.45 bits per heavy atom. The number of hydrogen-bond acceptors (Lipinski definition) is 4. The molecule has 0 amide bonds. The minimum Gasteiger partial charge on any atom is -0.396 e. The largest absolute Gasteiger partial charge is 0.396 e. The van der Waals surface area contributed by atoms with E-state index < -0.39 is 10.0 Å². The molecular weight excluding hydrogens is 323 g/mol. The van der Waals surface area contributed by atoms with Gasteiger partial charge in [-0.15, -0.1) is 0 Å². The third-order valence-corrected chi connectivity index (χ3v) is 6.02. The molecule has 2 rings (SSSR count). The Kier molecular flexibility index (Phi) is 4.81. The van der Waals surface area contributed by atoms with Crippen LogP contribution in [-0.4, -0.2) is 38.5 Å². The molecule has 112 valence electrons. The van der Waals surface area contributed by atoms with Gasteiger partial charge in [0.1, 0.15) is 4.90 Å². The highest BCUT2D eigenvalue weighted by molar-refractivity contribution is 7.89. The molecule has 1 aromatic rings. The Labute approximate surface area is 128 Å². The van der Waals surface area contributed by atoms with E-state index in [1.165, 1.54) is 16.4 Å². The fourth-order valence-electron chi connectivity index (χ4n) is 2.05. The molecular formula is C12H16Cl2N2O3S. The predicted molar refractivity (Wildman–Crippen MR) is 79.7 cm³/mol. The summed E-state index contributed by atoms with van der Waals surface area (Å²) in [6.45, 7) is 2.95. The van der Waals surface area contributed by atoms with E-state index in [0.717, 1.165) is 6.42 Å². The number of hydrogen-bond donors (Lipinski definition) is 1. The quantitative estimate of drug-likeness (QED) is 0.858. The van der Waals surface area contributed by atoms with Gasteiger partial charge in [0.15, 0.2) is 0 Å². The van der Waals surface area contributed by atoms with Crippen molar-refractivity contribution in [1.29, 1.82) is 0 Å². The summed E-state index contributed by atoms with van der Waals surface area (Å²) >= 11 is 11.9. The first-order valence-electron chi connectivity index (χ1n) is 6.23. The molecule has 0 aromatic heterocycles. The Morgan fingerprint density at radius 3 is 2.80 bits per heavy atom. The Hall–Kier alpha value is -0.530. The van der Waals surface area contributed by atoms with Crippen molar-refractivity contribution in [2.45, 2.75) is 24.3 Å². The van der Waals surface area contributed by atoms with Crippen molar-refractivity contribution in [3.05, 3.63) is 22.2 Å². The summed E-state index contributed by atoms with van der Waals surface area (Å²) in [7, 11) is -3.69. The van der Waals surface area contributed by atoms with Crippen LogP contribution in [0.4, 0.5) is 5.69 Å². The van der Waals surface area contributed by atoms with Crippen molar-refractivity contribution in [2.24, 2.45) is 0 Å². The molecule has 1 heterocycles. The smallest absolute Gasteiger partial charge is 0.244 e. The molecule has 0 saturated carbocycles. The standard InChI is InChI=1S/C12H16Cl2N2O3S/c1-2-8-7-16(5-6-19-8)20(17,18)10-4-3-9(13)12(15)11(10)14/h3-4,8H,2,5-7,15H2,1H3. The lowest BCUT2D eigenvalue weighted by molar-refractivity contribution is -0.00277. The molecule has 1 aliphatic heterocycles. The highest BCUT2D eigenvalue weighted by atomic mass is 35.5. The maximum atomic E-state index is 12.6. The average molecular weight is 339 g/mol. The first-order valence-corrected chi connectivity index (χ1v) is 8.42. The third-order valence-electron chi connectivity index (χ3n) is 3.27. The van der Waals surface area contributed by atoms with E-state index in [0.29, 0.717) is 19.7 Å². The van der Waals surface area contributed by atoms with Crippen LogP contribution in [0.25, 0.3) is 0 Å². The van der Waals surface area contributed by atoms with Gasteiger partial charge < -0.3 is 10.5 Å². The van der Waals surface area contributed by atoms with Crippen molar-refractivity contribution in [2.75, 3.05) is 25.4 Å². The van der Waals surface area contributed by atoms with Gasteiger partial charge in [-0.3, -0.25) is 0 Å². The number of nitrogens with zero attached hydrogens (tertiary/aromatic N) is 1. The van der Waals surface area contributed by atoms with Crippen LogP contribution in [0, 0.1) is 0 Å². The van der Waals surface area contributed by atoms with Crippen LogP contribution in [0.5, 0.6) is 0 Å². The normalized spacial score (nSPS) is 21.1. The van der Waals surface area contributed by atoms with Crippen LogP contribution < -0.4 is 5.73 Å². The number of nitrogen functional groups attached to an aromatic ring is 1. The van der Waals surface area contributed by atoms with Crippen LogP contribution in [0.3, 0.4) is 0 Å². The molecule has 0 spiro atoms. The van der Waals surface area contributed by atoms with E-state index in [1.54, 1.807) is 0 Å². The van der Waals surface area contributed by atoms with E-state index in [1.807, 2.05) is 6.92 Å². The predicted octanol–water partition coefficient (Wildman–Crippen LogP) is 2.38. The monoisotopic (exact) mass is 338 g/mol. The van der Waals surface area contributed by atoms with Crippen LogP contribution in [0.2, 0.25) is 10.0 Å². The third kappa shape index (κ3) is 2.89. The molecule has 0 aliphatic carbocycles. The minimum absolute atomic E-state index is 0.0159. The summed E-state index contributed by atoms with van der Waals surface area (Å²) < 4.78 is 32.1. The molecule has 1 aliphatic rings. The molecule has 1 saturated heterocycles. The second-order valence-corrected chi connectivity index (χ2v) is 7.23. The van der Waals surface area contributed by atoms with Gasteiger partial charge in [0.25, 0.3) is 0 Å². The fourth-order valence-corrected chi connectivity index (χ4v) is 4.24. The fraction of sp³-hybridized carbons (Fsp3) is 0.500. The zero-order valence-electron chi connectivity index (χ0n) is 11.0. The lowest BCUT2D eigenvalue weighted by atomic mass is 10.2. The molecule has 1 aromatic carbocycles. The highest BCUT2D eigenvalue weighted by Gasteiger charge is 2.32. The molecule has 0 radical (unpaired) electrons. The molecule has 5 nitrogen and oxygen atoms in total. The van der Waals surface area contributed by atoms with Gasteiger partial charge in [-0.2, -0.15) is 4.31 Å². The number of morpholine rings is 1. The first-order chi connectivity index (χ1) is 9.37. The van der Waals surface area contributed by atoms with Gasteiger partial charge in [0, 0.05) is 13.1 Å². The molecule has 2 N–H and O–H groups in total. The number of rotatable bonds is 3. The van der Waals surface area contributed by atoms with Crippen molar-refractivity contribution in [3.63, 3.8) is 0 Å². The van der Waals surface area contributed by atoms with Gasteiger partial charge in [-0.1, -0.05) is 30.1 Å². The number of halogens is 2. The second kappa shape index (κ2) is 6.07. The molecule has 0 bridgehead atoms. The Morgan fingerprint density at radius 2 is 2.15 bits per heavy atom. The summed E-state index contributed by atoms with van der Waals surface area (Å²) in [4.78, 5) is -0.0159. The van der Waals surface area contributed by atoms with Gasteiger partial charge in [0.2, 0.25) is 10.0 Å². The summed E-state index contributed by atoms with van der Waals surface area (Å²) in [6, 6.07) is 2.82. The average Bonchev–Trinajstić information content (AvgIpc) is 2.44. The maximum absolute atomic E-state index is 12.6. The molecule has 1 unspecified atom stereocenters. The lowest BCUT2D eigenvalue weighted by Crippen LogP contribution is -2.45. The summed E-state index contributed by atoms with van der Waals surface area (Å²) in [5.41, 5.74) is 5.77. The van der Waals surface area contributed by atoms with E-state index >= 15 is 0 Å². The first kappa shape index (κ1) is 15.9. The Bertz CT molecular complexity index is 607. The van der Waals surface area contributed by atoms with Crippen LogP contribution in [0.15, 0.2) is 17.0 Å². The van der Waals surface area contributed by atoms with Crippen LogP contribution >= 0.6 is 23.2 Å². The van der Waals surface area contributed by atoms with Gasteiger partial charge >= 0.3 is 0 Å². The van der Waals surface area contributed by atoms with Crippen LogP contribution in [-0.2, 0) is 14.8 Å². The molecule has 8 heteroatoms. The van der Waals surface area contributed by atoms with Crippen molar-refractivity contribution >= 4 is 38.9 Å². The van der Waals surface area contributed by atoms with Crippen LogP contribution in [0.1, 0.15) is 13.3 Å². The zero-order valence-corrected chi connectivity index (χ0v) is 13.3. The molecule has 20 heavy (non-hydrogen) atoms. The molecule has 1 atom stereocenters. The van der Waals surface area contributed by atoms with E-state index in [9.17, 15) is 8.42 Å². The zero-order chi connectivity index (χ0) is 14.9. The maximum Gasteiger partial charge on any atom is 0.244 e. The molecule has 1 fully saturated rings. The van der Waals surface area contributed by atoms with Crippen molar-refractivity contribution in [1.82, 2.24) is 4.31 Å². The summed E-state index contributed by atoms with van der Waals surface area (Å²) in [5, 5.41) is 0.208. The van der Waals surface area contributed by atoms with Gasteiger partial charge in [-0.05, 0) is 18.6 Å². The SMILES string of the molecule is CCC1CN(S(=O)(=O)c2ccc(Cl)c(N)c2Cl)CCO1. The minimum atomic E-state index is -3.69. The summed E-state index contributed by atoms with van der Waals surface area (Å²) in [5.74, 6) is 0.